The van der Waals surface area contributed by atoms with Crippen LogP contribution in [0.5, 0.6) is 0 Å². The van der Waals surface area contributed by atoms with Gasteiger partial charge in [-0.15, -0.1) is 0 Å². The molecule has 0 aliphatic carbocycles. The van der Waals surface area contributed by atoms with Crippen LogP contribution in [0.2, 0.25) is 0 Å². The van der Waals surface area contributed by atoms with Crippen molar-refractivity contribution in [3.63, 3.8) is 0 Å². The van der Waals surface area contributed by atoms with Crippen LogP contribution in [-0.2, 0) is 0 Å². The van der Waals surface area contributed by atoms with Crippen molar-refractivity contribution < 1.29 is 14.7 Å². The molecule has 0 aliphatic rings. The highest BCUT2D eigenvalue weighted by atomic mass is 79.9. The van der Waals surface area contributed by atoms with Crippen molar-refractivity contribution >= 4 is 38.8 Å². The van der Waals surface area contributed by atoms with Crippen LogP contribution in [-0.4, -0.2) is 35.2 Å². The van der Waals surface area contributed by atoms with Gasteiger partial charge in [-0.05, 0) is 24.6 Å². The first kappa shape index (κ1) is 14.4. The van der Waals surface area contributed by atoms with E-state index in [1.54, 1.807) is 6.07 Å². The van der Waals surface area contributed by atoms with Crippen LogP contribution < -0.4 is 10.6 Å². The maximum absolute atomic E-state index is 11.9. The second-order valence-electron chi connectivity index (χ2n) is 4.26. The lowest BCUT2D eigenvalue weighted by molar-refractivity contribution is 0.0949. The van der Waals surface area contributed by atoms with Gasteiger partial charge >= 0.3 is 6.09 Å². The minimum absolute atomic E-state index is 0.201. The second-order valence-corrected chi connectivity index (χ2v) is 5.17. The smallest absolute Gasteiger partial charge is 0.404 e. The Balaban J connectivity index is 1.89. The van der Waals surface area contributed by atoms with Crippen molar-refractivity contribution in [2.45, 2.75) is 6.42 Å². The monoisotopic (exact) mass is 339 g/mol. The Morgan fingerprint density at radius 3 is 2.70 bits per heavy atom. The van der Waals surface area contributed by atoms with Crippen molar-refractivity contribution in [1.29, 1.82) is 0 Å². The number of carbonyl (C=O) groups is 2. The van der Waals surface area contributed by atoms with E-state index in [0.717, 1.165) is 15.4 Å². The van der Waals surface area contributed by atoms with Gasteiger partial charge in [0.05, 0.1) is 0 Å². The van der Waals surface area contributed by atoms with Crippen LogP contribution >= 0.6 is 15.9 Å². The molecule has 1 aromatic carbocycles. The lowest BCUT2D eigenvalue weighted by Crippen LogP contribution is -2.29. The molecule has 1 heterocycles. The number of carboxylic acid groups (broad SMARTS) is 1. The van der Waals surface area contributed by atoms with Crippen molar-refractivity contribution in [1.82, 2.24) is 15.6 Å². The van der Waals surface area contributed by atoms with E-state index in [9.17, 15) is 9.59 Å². The number of nitrogens with one attached hydrogen (secondary N) is 3. The second kappa shape index (κ2) is 6.42. The first-order valence-electron chi connectivity index (χ1n) is 6.09. The number of amides is 2. The van der Waals surface area contributed by atoms with Gasteiger partial charge in [0.2, 0.25) is 0 Å². The molecule has 2 aromatic rings. The van der Waals surface area contributed by atoms with E-state index in [-0.39, 0.29) is 5.91 Å². The highest BCUT2D eigenvalue weighted by Crippen LogP contribution is 2.20. The van der Waals surface area contributed by atoms with E-state index in [0.29, 0.717) is 25.2 Å². The molecular weight excluding hydrogens is 326 g/mol. The maximum Gasteiger partial charge on any atom is 0.404 e. The van der Waals surface area contributed by atoms with Gasteiger partial charge in [0.1, 0.15) is 5.69 Å². The topological polar surface area (TPSA) is 94.2 Å². The number of benzene rings is 1. The first-order chi connectivity index (χ1) is 9.56. The highest BCUT2D eigenvalue weighted by molar-refractivity contribution is 9.10. The predicted molar refractivity (Wildman–Crippen MR) is 79.0 cm³/mol. The van der Waals surface area contributed by atoms with Gasteiger partial charge < -0.3 is 20.7 Å². The standard InChI is InChI=1S/C13H14BrN3O3/c14-9-3-2-8-6-11(17-10(8)7-9)12(18)15-4-1-5-16-13(19)20/h2-3,6-7,16-17H,1,4-5H2,(H,15,18)(H,19,20). The lowest BCUT2D eigenvalue weighted by Gasteiger charge is -2.03. The molecule has 2 amide bonds. The molecule has 106 valence electrons. The molecule has 0 bridgehead atoms. The molecule has 2 rings (SSSR count). The van der Waals surface area contributed by atoms with E-state index in [1.165, 1.54) is 0 Å². The van der Waals surface area contributed by atoms with E-state index in [2.05, 4.69) is 31.5 Å². The zero-order chi connectivity index (χ0) is 14.5. The summed E-state index contributed by atoms with van der Waals surface area (Å²) in [5.74, 6) is -0.201. The Kier molecular flexibility index (Phi) is 4.62. The molecule has 20 heavy (non-hydrogen) atoms. The molecule has 0 saturated carbocycles. The van der Waals surface area contributed by atoms with Crippen LogP contribution in [0.25, 0.3) is 10.9 Å². The Bertz CT molecular complexity index is 639. The Labute approximate surface area is 123 Å². The fourth-order valence-electron chi connectivity index (χ4n) is 1.80. The largest absolute Gasteiger partial charge is 0.465 e. The van der Waals surface area contributed by atoms with Gasteiger partial charge in [-0.3, -0.25) is 4.79 Å². The molecule has 7 heteroatoms. The number of rotatable bonds is 5. The maximum atomic E-state index is 11.9. The van der Waals surface area contributed by atoms with Gasteiger partial charge in [-0.25, -0.2) is 4.79 Å². The molecular formula is C13H14BrN3O3. The number of aromatic amines is 1. The summed E-state index contributed by atoms with van der Waals surface area (Å²) in [5.41, 5.74) is 1.38. The number of hydrogen-bond acceptors (Lipinski definition) is 2. The summed E-state index contributed by atoms with van der Waals surface area (Å²) in [6.07, 6.45) is -0.512. The van der Waals surface area contributed by atoms with E-state index in [1.807, 2.05) is 18.2 Å². The van der Waals surface area contributed by atoms with Gasteiger partial charge in [0.25, 0.3) is 5.91 Å². The average molecular weight is 340 g/mol. The normalized spacial score (nSPS) is 10.4. The minimum Gasteiger partial charge on any atom is -0.465 e. The highest BCUT2D eigenvalue weighted by Gasteiger charge is 2.08. The fourth-order valence-corrected chi connectivity index (χ4v) is 2.16. The van der Waals surface area contributed by atoms with Gasteiger partial charge in [0, 0.05) is 28.5 Å². The van der Waals surface area contributed by atoms with Crippen LogP contribution in [0, 0.1) is 0 Å². The number of carbonyl (C=O) groups excluding carboxylic acids is 1. The molecule has 1 aromatic heterocycles. The predicted octanol–water partition coefficient (Wildman–Crippen LogP) is 2.32. The Morgan fingerprint density at radius 2 is 1.95 bits per heavy atom. The summed E-state index contributed by atoms with van der Waals surface area (Å²) in [7, 11) is 0. The number of aromatic nitrogens is 1. The number of hydrogen-bond donors (Lipinski definition) is 4. The molecule has 0 atom stereocenters. The zero-order valence-electron chi connectivity index (χ0n) is 10.6. The first-order valence-corrected chi connectivity index (χ1v) is 6.89. The molecule has 0 radical (unpaired) electrons. The molecule has 0 fully saturated rings. The molecule has 0 aliphatic heterocycles. The van der Waals surface area contributed by atoms with Crippen molar-refractivity contribution in [3.8, 4) is 0 Å². The van der Waals surface area contributed by atoms with Crippen LogP contribution in [0.1, 0.15) is 16.9 Å². The Morgan fingerprint density at radius 1 is 1.20 bits per heavy atom. The summed E-state index contributed by atoms with van der Waals surface area (Å²) in [4.78, 5) is 25.2. The summed E-state index contributed by atoms with van der Waals surface area (Å²) >= 11 is 3.37. The lowest BCUT2D eigenvalue weighted by atomic mass is 10.2. The van der Waals surface area contributed by atoms with Crippen LogP contribution in [0.15, 0.2) is 28.7 Å². The van der Waals surface area contributed by atoms with Gasteiger partial charge in [0.15, 0.2) is 0 Å². The molecule has 4 N–H and O–H groups in total. The number of fused-ring (bicyclic) bond motifs is 1. The van der Waals surface area contributed by atoms with Crippen molar-refractivity contribution in [2.24, 2.45) is 0 Å². The third-order valence-electron chi connectivity index (χ3n) is 2.74. The molecule has 6 nitrogen and oxygen atoms in total. The zero-order valence-corrected chi connectivity index (χ0v) is 12.2. The Hall–Kier alpha value is -2.02. The van der Waals surface area contributed by atoms with E-state index >= 15 is 0 Å². The summed E-state index contributed by atoms with van der Waals surface area (Å²) < 4.78 is 0.943. The van der Waals surface area contributed by atoms with E-state index < -0.39 is 6.09 Å². The van der Waals surface area contributed by atoms with Crippen LogP contribution in [0.3, 0.4) is 0 Å². The van der Waals surface area contributed by atoms with Gasteiger partial charge in [-0.2, -0.15) is 0 Å². The molecule has 0 saturated heterocycles. The fraction of sp³-hybridized carbons (Fsp3) is 0.231. The average Bonchev–Trinajstić information content (AvgIpc) is 2.80. The number of halogens is 1. The minimum atomic E-state index is -1.06. The van der Waals surface area contributed by atoms with Gasteiger partial charge in [-0.1, -0.05) is 22.0 Å². The summed E-state index contributed by atoms with van der Waals surface area (Å²) in [6, 6.07) is 7.52. The van der Waals surface area contributed by atoms with Crippen molar-refractivity contribution in [3.05, 3.63) is 34.4 Å². The summed E-state index contributed by atoms with van der Waals surface area (Å²) in [5, 5.41) is 14.3. The number of H-pyrrole nitrogens is 1. The third-order valence-corrected chi connectivity index (χ3v) is 3.24. The quantitative estimate of drug-likeness (QED) is 0.629. The third kappa shape index (κ3) is 3.74. The molecule has 0 spiro atoms. The van der Waals surface area contributed by atoms with E-state index in [4.69, 9.17) is 5.11 Å². The van der Waals surface area contributed by atoms with Crippen LogP contribution in [0.4, 0.5) is 4.79 Å². The summed E-state index contributed by atoms with van der Waals surface area (Å²) in [6.45, 7) is 0.730. The SMILES string of the molecule is O=C(O)NCCCNC(=O)c1cc2ccc(Br)cc2[nH]1. The van der Waals surface area contributed by atoms with Crippen molar-refractivity contribution in [2.75, 3.05) is 13.1 Å². The molecule has 0 unspecified atom stereocenters.